The molecule has 162 valence electrons. The van der Waals surface area contributed by atoms with E-state index in [0.717, 1.165) is 33.8 Å². The van der Waals surface area contributed by atoms with Crippen LogP contribution in [0.3, 0.4) is 0 Å². The molecule has 0 amide bonds. The van der Waals surface area contributed by atoms with Crippen molar-refractivity contribution < 1.29 is 19.7 Å². The Bertz CT molecular complexity index is 1460. The molecular weight excluding hydrogens is 416 g/mol. The van der Waals surface area contributed by atoms with E-state index < -0.39 is 5.78 Å². The molecule has 2 heterocycles. The summed E-state index contributed by atoms with van der Waals surface area (Å²) in [6.45, 7) is 0.644. The lowest BCUT2D eigenvalue weighted by Gasteiger charge is -2.11. The van der Waals surface area contributed by atoms with Gasteiger partial charge in [0.2, 0.25) is 5.78 Å². The number of Topliss-reactive ketones (excluding diaryl/α,β-unsaturated/α-hetero) is 1. The number of allylic oxidation sites excluding steroid dienone is 1. The van der Waals surface area contributed by atoms with Gasteiger partial charge in [-0.05, 0) is 24.1 Å². The third kappa shape index (κ3) is 3.50. The van der Waals surface area contributed by atoms with Crippen molar-refractivity contribution in [3.63, 3.8) is 0 Å². The van der Waals surface area contributed by atoms with E-state index in [1.165, 1.54) is 6.07 Å². The number of nitriles is 1. The smallest absolute Gasteiger partial charge is 0.235 e. The summed E-state index contributed by atoms with van der Waals surface area (Å²) in [7, 11) is 0. The molecule has 3 aromatic carbocycles. The highest BCUT2D eigenvalue weighted by Gasteiger charge is 2.32. The second-order valence-corrected chi connectivity index (χ2v) is 7.84. The average molecular weight is 436 g/mol. The van der Waals surface area contributed by atoms with Crippen LogP contribution in [0.25, 0.3) is 28.2 Å². The quantitative estimate of drug-likeness (QED) is 0.312. The third-order valence-electron chi connectivity index (χ3n) is 5.74. The molecule has 0 saturated heterocycles. The third-order valence-corrected chi connectivity index (χ3v) is 5.74. The molecule has 2 N–H and O–H groups in total. The normalized spacial score (nSPS) is 13.8. The predicted octanol–water partition coefficient (Wildman–Crippen LogP) is 5.64. The van der Waals surface area contributed by atoms with Crippen molar-refractivity contribution in [2.24, 2.45) is 0 Å². The largest absolute Gasteiger partial charge is 0.508 e. The van der Waals surface area contributed by atoms with Gasteiger partial charge in [0, 0.05) is 41.6 Å². The molecule has 6 nitrogen and oxygen atoms in total. The van der Waals surface area contributed by atoms with Gasteiger partial charge in [-0.25, -0.2) is 0 Å². The fourth-order valence-electron chi connectivity index (χ4n) is 4.34. The van der Waals surface area contributed by atoms with Gasteiger partial charge in [0.15, 0.2) is 5.76 Å². The van der Waals surface area contributed by atoms with Gasteiger partial charge in [-0.15, -0.1) is 0 Å². The van der Waals surface area contributed by atoms with Gasteiger partial charge in [0.05, 0.1) is 11.8 Å². The van der Waals surface area contributed by atoms with Gasteiger partial charge in [0.25, 0.3) is 0 Å². The lowest BCUT2D eigenvalue weighted by atomic mass is 10.0. The van der Waals surface area contributed by atoms with Crippen LogP contribution in [0, 0.1) is 11.3 Å². The second kappa shape index (κ2) is 8.21. The Morgan fingerprint density at radius 2 is 1.79 bits per heavy atom. The van der Waals surface area contributed by atoms with Crippen molar-refractivity contribution in [3.8, 4) is 34.6 Å². The molecule has 0 radical (unpaired) electrons. The van der Waals surface area contributed by atoms with Gasteiger partial charge in [-0.3, -0.25) is 4.79 Å². The Morgan fingerprint density at radius 1 is 1.03 bits per heavy atom. The minimum Gasteiger partial charge on any atom is -0.508 e. The minimum atomic E-state index is -0.442. The Kier molecular flexibility index (Phi) is 5.08. The summed E-state index contributed by atoms with van der Waals surface area (Å²) in [4.78, 5) is 13.1. The molecule has 5 rings (SSSR count). The summed E-state index contributed by atoms with van der Waals surface area (Å²) in [6.07, 6.45) is 2.83. The molecule has 1 aliphatic heterocycles. The van der Waals surface area contributed by atoms with Crippen LogP contribution in [-0.4, -0.2) is 20.6 Å². The maximum atomic E-state index is 13.1. The molecule has 0 fully saturated rings. The van der Waals surface area contributed by atoms with Crippen molar-refractivity contribution >= 4 is 22.8 Å². The Labute approximate surface area is 190 Å². The number of fused-ring (bicyclic) bond motifs is 2. The summed E-state index contributed by atoms with van der Waals surface area (Å²) in [6, 6.07) is 22.4. The summed E-state index contributed by atoms with van der Waals surface area (Å²) in [5, 5.41) is 29.9. The predicted molar refractivity (Wildman–Crippen MR) is 125 cm³/mol. The van der Waals surface area contributed by atoms with Gasteiger partial charge in [-0.1, -0.05) is 48.5 Å². The molecule has 0 spiro atoms. The van der Waals surface area contributed by atoms with Crippen LogP contribution >= 0.6 is 0 Å². The number of nitrogens with zero attached hydrogens (tertiary/aromatic N) is 2. The summed E-state index contributed by atoms with van der Waals surface area (Å²) in [5.74, 6) is -0.742. The number of carbonyl (C=O) groups is 1. The molecule has 1 aliphatic rings. The molecule has 0 unspecified atom stereocenters. The van der Waals surface area contributed by atoms with Crippen LogP contribution in [0.1, 0.15) is 28.8 Å². The Balaban J connectivity index is 1.73. The first-order valence-electron chi connectivity index (χ1n) is 10.6. The Morgan fingerprint density at radius 3 is 2.58 bits per heavy atom. The number of ketones is 1. The number of carbonyl (C=O) groups excluding carboxylic acids is 1. The van der Waals surface area contributed by atoms with E-state index in [2.05, 4.69) is 10.6 Å². The maximum Gasteiger partial charge on any atom is 0.235 e. The van der Waals surface area contributed by atoms with Crippen LogP contribution in [-0.2, 0) is 6.54 Å². The minimum absolute atomic E-state index is 0.0399. The zero-order valence-corrected chi connectivity index (χ0v) is 17.7. The molecule has 0 aliphatic carbocycles. The zero-order valence-electron chi connectivity index (χ0n) is 17.7. The number of ether oxygens (including phenoxy) is 1. The van der Waals surface area contributed by atoms with E-state index in [-0.39, 0.29) is 28.6 Å². The second-order valence-electron chi connectivity index (χ2n) is 7.84. The SMILES string of the molecule is N#CCCCn1c(-c2ccccc2)c(C=C2Oc3cc(O)cc(O)c3C2=O)c2ccccc21. The van der Waals surface area contributed by atoms with Crippen LogP contribution in [0.4, 0.5) is 0 Å². The summed E-state index contributed by atoms with van der Waals surface area (Å²) >= 11 is 0. The highest BCUT2D eigenvalue weighted by Crippen LogP contribution is 2.42. The number of hydrogen-bond donors (Lipinski definition) is 2. The van der Waals surface area contributed by atoms with Crippen LogP contribution in [0.2, 0.25) is 0 Å². The molecule has 0 saturated carbocycles. The molecule has 1 aromatic heterocycles. The summed E-state index contributed by atoms with van der Waals surface area (Å²) < 4.78 is 7.94. The van der Waals surface area contributed by atoms with Gasteiger partial charge in [-0.2, -0.15) is 5.26 Å². The van der Waals surface area contributed by atoms with Gasteiger partial charge >= 0.3 is 0 Å². The average Bonchev–Trinajstić information content (AvgIpc) is 3.29. The number of phenols is 2. The maximum absolute atomic E-state index is 13.1. The van der Waals surface area contributed by atoms with Crippen molar-refractivity contribution in [3.05, 3.63) is 83.6 Å². The lowest BCUT2D eigenvalue weighted by molar-refractivity contribution is 0.101. The number of aromatic hydroxyl groups is 2. The first-order chi connectivity index (χ1) is 16.1. The number of unbranched alkanes of at least 4 members (excludes halogenated alkanes) is 1. The fourth-order valence-corrected chi connectivity index (χ4v) is 4.34. The number of aryl methyl sites for hydroxylation is 1. The van der Waals surface area contributed by atoms with E-state index >= 15 is 0 Å². The van der Waals surface area contributed by atoms with Gasteiger partial charge in [0.1, 0.15) is 22.8 Å². The van der Waals surface area contributed by atoms with Crippen molar-refractivity contribution in [1.82, 2.24) is 4.57 Å². The van der Waals surface area contributed by atoms with E-state index in [0.29, 0.717) is 19.4 Å². The van der Waals surface area contributed by atoms with Crippen LogP contribution in [0.15, 0.2) is 72.5 Å². The fraction of sp³-hybridized carbons (Fsp3) is 0.111. The number of para-hydroxylation sites is 1. The number of rotatable bonds is 5. The molecular formula is C27H20N2O4. The molecule has 0 atom stereocenters. The molecule has 33 heavy (non-hydrogen) atoms. The number of phenolic OH excluding ortho intramolecular Hbond substituents is 2. The highest BCUT2D eigenvalue weighted by molar-refractivity contribution is 6.17. The van der Waals surface area contributed by atoms with E-state index in [1.54, 1.807) is 6.08 Å². The highest BCUT2D eigenvalue weighted by atomic mass is 16.5. The monoisotopic (exact) mass is 436 g/mol. The topological polar surface area (TPSA) is 95.5 Å². The standard InChI is InChI=1S/C27H20N2O4/c28-12-6-7-13-29-21-11-5-4-10-19(21)20(26(29)17-8-2-1-3-9-17)16-24-27(32)25-22(31)14-18(30)15-23(25)33-24/h1-5,8-11,14-16,30-31H,6-7,13H2. The molecule has 4 aromatic rings. The number of aromatic nitrogens is 1. The summed E-state index contributed by atoms with van der Waals surface area (Å²) in [5.41, 5.74) is 3.74. The first-order valence-corrected chi connectivity index (χ1v) is 10.6. The van der Waals surface area contributed by atoms with E-state index in [9.17, 15) is 15.0 Å². The van der Waals surface area contributed by atoms with Crippen LogP contribution in [0.5, 0.6) is 17.2 Å². The van der Waals surface area contributed by atoms with Gasteiger partial charge < -0.3 is 19.5 Å². The van der Waals surface area contributed by atoms with E-state index in [1.807, 2.05) is 54.6 Å². The van der Waals surface area contributed by atoms with Crippen molar-refractivity contribution in [1.29, 1.82) is 5.26 Å². The van der Waals surface area contributed by atoms with Crippen LogP contribution < -0.4 is 4.74 Å². The molecule has 6 heteroatoms. The van der Waals surface area contributed by atoms with Crippen molar-refractivity contribution in [2.75, 3.05) is 0 Å². The molecule has 0 bridgehead atoms. The number of benzene rings is 3. The first kappa shape index (κ1) is 20.4. The Hall–Kier alpha value is -4.50. The zero-order chi connectivity index (χ0) is 22.9. The van der Waals surface area contributed by atoms with E-state index in [4.69, 9.17) is 10.00 Å². The van der Waals surface area contributed by atoms with Crippen molar-refractivity contribution in [2.45, 2.75) is 19.4 Å². The lowest BCUT2D eigenvalue weighted by Crippen LogP contribution is -2.02. The number of hydrogen-bond acceptors (Lipinski definition) is 5.